The number of sulfonamides is 1. The first-order valence-electron chi connectivity index (χ1n) is 5.50. The van der Waals surface area contributed by atoms with Crippen LogP contribution in [0.1, 0.15) is 13.8 Å². The number of carboxylic acids is 1. The molecule has 0 bridgehead atoms. The fourth-order valence-electron chi connectivity index (χ4n) is 1.35. The second-order valence-electron chi connectivity index (χ2n) is 4.29. The van der Waals surface area contributed by atoms with E-state index in [2.05, 4.69) is 4.98 Å². The van der Waals surface area contributed by atoms with Gasteiger partial charge in [-0.3, -0.25) is 4.79 Å². The highest BCUT2D eigenvalue weighted by atomic mass is 32.2. The van der Waals surface area contributed by atoms with Crippen molar-refractivity contribution in [2.75, 3.05) is 0 Å². The molecular formula is C10H13N3O6S. The summed E-state index contributed by atoms with van der Waals surface area (Å²) in [5.74, 6) is -2.27. The maximum absolute atomic E-state index is 11.9. The van der Waals surface area contributed by atoms with Gasteiger partial charge in [0.05, 0.1) is 0 Å². The fourth-order valence-corrected chi connectivity index (χ4v) is 2.63. The van der Waals surface area contributed by atoms with E-state index >= 15 is 0 Å². The summed E-state index contributed by atoms with van der Waals surface area (Å²) in [6.45, 7) is 3.10. The molecule has 0 aliphatic rings. The summed E-state index contributed by atoms with van der Waals surface area (Å²) >= 11 is 0. The lowest BCUT2D eigenvalue weighted by molar-refractivity contribution is -0.389. The van der Waals surface area contributed by atoms with E-state index in [1.807, 2.05) is 4.72 Å². The molecule has 0 spiro atoms. The van der Waals surface area contributed by atoms with E-state index in [4.69, 9.17) is 5.11 Å². The lowest BCUT2D eigenvalue weighted by Gasteiger charge is -2.17. The number of hydrogen-bond acceptors (Lipinski definition) is 6. The SMILES string of the molecule is CC(C)[C@H](NS(=O)(=O)c1ccc([N+](=O)[O-])nc1)C(=O)O. The maximum atomic E-state index is 11.9. The van der Waals surface area contributed by atoms with Crippen molar-refractivity contribution in [2.24, 2.45) is 5.92 Å². The molecule has 0 aliphatic heterocycles. The highest BCUT2D eigenvalue weighted by Crippen LogP contribution is 2.14. The van der Waals surface area contributed by atoms with Crippen molar-refractivity contribution in [1.29, 1.82) is 0 Å². The van der Waals surface area contributed by atoms with Crippen LogP contribution >= 0.6 is 0 Å². The van der Waals surface area contributed by atoms with Gasteiger partial charge < -0.3 is 15.2 Å². The number of nitro groups is 1. The number of carboxylic acid groups (broad SMARTS) is 1. The topological polar surface area (TPSA) is 140 Å². The molecule has 0 aliphatic carbocycles. The van der Waals surface area contributed by atoms with Gasteiger partial charge in [-0.15, -0.1) is 0 Å². The number of nitrogens with zero attached hydrogens (tertiary/aromatic N) is 2. The summed E-state index contributed by atoms with van der Waals surface area (Å²) in [6, 6.07) is 0.627. The van der Waals surface area contributed by atoms with Crippen LogP contribution in [0.15, 0.2) is 23.2 Å². The minimum Gasteiger partial charge on any atom is -0.480 e. The summed E-state index contributed by atoms with van der Waals surface area (Å²) in [6.07, 6.45) is 0.805. The van der Waals surface area contributed by atoms with Crippen LogP contribution in [0.4, 0.5) is 5.82 Å². The number of aromatic nitrogens is 1. The first-order valence-corrected chi connectivity index (χ1v) is 6.99. The first-order chi connectivity index (χ1) is 9.15. The van der Waals surface area contributed by atoms with Gasteiger partial charge in [-0.1, -0.05) is 13.8 Å². The van der Waals surface area contributed by atoms with Crippen molar-refractivity contribution in [3.05, 3.63) is 28.4 Å². The third-order valence-electron chi connectivity index (χ3n) is 2.43. The van der Waals surface area contributed by atoms with Gasteiger partial charge in [0, 0.05) is 6.07 Å². The predicted molar refractivity (Wildman–Crippen MR) is 67.5 cm³/mol. The van der Waals surface area contributed by atoms with Crippen LogP contribution in [0, 0.1) is 16.0 Å². The minimum atomic E-state index is -4.11. The summed E-state index contributed by atoms with van der Waals surface area (Å²) < 4.78 is 25.9. The molecule has 1 atom stereocenters. The second kappa shape index (κ2) is 5.92. The molecule has 1 heterocycles. The Balaban J connectivity index is 3.04. The summed E-state index contributed by atoms with van der Waals surface area (Å²) in [4.78, 5) is 23.7. The van der Waals surface area contributed by atoms with E-state index in [0.717, 1.165) is 18.3 Å². The van der Waals surface area contributed by atoms with E-state index in [9.17, 15) is 23.3 Å². The van der Waals surface area contributed by atoms with E-state index < -0.39 is 38.7 Å². The molecule has 1 aromatic heterocycles. The Kier molecular flexibility index (Phi) is 4.73. The normalized spacial score (nSPS) is 13.2. The maximum Gasteiger partial charge on any atom is 0.363 e. The third kappa shape index (κ3) is 3.71. The van der Waals surface area contributed by atoms with Gasteiger partial charge >= 0.3 is 11.8 Å². The van der Waals surface area contributed by atoms with Crippen molar-refractivity contribution < 1.29 is 23.2 Å². The fraction of sp³-hybridized carbons (Fsp3) is 0.400. The van der Waals surface area contributed by atoms with E-state index in [1.54, 1.807) is 13.8 Å². The number of aliphatic carboxylic acids is 1. The Labute approximate surface area is 114 Å². The quantitative estimate of drug-likeness (QED) is 0.571. The largest absolute Gasteiger partial charge is 0.480 e. The molecule has 2 N–H and O–H groups in total. The second-order valence-corrected chi connectivity index (χ2v) is 6.00. The molecule has 110 valence electrons. The van der Waals surface area contributed by atoms with Gasteiger partial charge in [0.25, 0.3) is 0 Å². The molecule has 0 aromatic carbocycles. The Bertz CT molecular complexity index is 610. The van der Waals surface area contributed by atoms with Crippen molar-refractivity contribution in [2.45, 2.75) is 24.8 Å². The number of pyridine rings is 1. The van der Waals surface area contributed by atoms with E-state index in [-0.39, 0.29) is 4.90 Å². The van der Waals surface area contributed by atoms with Crippen molar-refractivity contribution >= 4 is 21.8 Å². The molecule has 0 radical (unpaired) electrons. The van der Waals surface area contributed by atoms with Gasteiger partial charge in [-0.05, 0) is 21.9 Å². The number of hydrogen-bond donors (Lipinski definition) is 2. The zero-order valence-corrected chi connectivity index (χ0v) is 11.5. The molecule has 20 heavy (non-hydrogen) atoms. The zero-order valence-electron chi connectivity index (χ0n) is 10.7. The molecule has 1 aromatic rings. The smallest absolute Gasteiger partial charge is 0.363 e. The first kappa shape index (κ1) is 16.0. The molecule has 1 rings (SSSR count). The van der Waals surface area contributed by atoms with Gasteiger partial charge in [-0.2, -0.15) is 4.72 Å². The number of carbonyl (C=O) groups is 1. The highest BCUT2D eigenvalue weighted by molar-refractivity contribution is 7.89. The molecular weight excluding hydrogens is 290 g/mol. The molecule has 0 saturated heterocycles. The van der Waals surface area contributed by atoms with Crippen LogP contribution in [0.5, 0.6) is 0 Å². The Morgan fingerprint density at radius 1 is 1.45 bits per heavy atom. The Morgan fingerprint density at radius 3 is 2.40 bits per heavy atom. The molecule has 0 fully saturated rings. The standard InChI is InChI=1S/C10H13N3O6S/c1-6(2)9(10(14)15)12-20(18,19)7-3-4-8(11-5-7)13(16)17/h3-6,9,12H,1-2H3,(H,14,15)/t9-/m0/s1. The van der Waals surface area contributed by atoms with Gasteiger partial charge in [0.15, 0.2) is 6.20 Å². The Morgan fingerprint density at radius 2 is 2.05 bits per heavy atom. The Hall–Kier alpha value is -2.07. The van der Waals surface area contributed by atoms with Gasteiger partial charge in [-0.25, -0.2) is 8.42 Å². The molecule has 0 saturated carbocycles. The average molecular weight is 303 g/mol. The lowest BCUT2D eigenvalue weighted by atomic mass is 10.1. The molecule has 0 amide bonds. The zero-order chi connectivity index (χ0) is 15.5. The van der Waals surface area contributed by atoms with Crippen molar-refractivity contribution in [3.63, 3.8) is 0 Å². The van der Waals surface area contributed by atoms with Crippen LogP contribution < -0.4 is 4.72 Å². The van der Waals surface area contributed by atoms with Crippen LogP contribution in [0.3, 0.4) is 0 Å². The lowest BCUT2D eigenvalue weighted by Crippen LogP contribution is -2.44. The summed E-state index contributed by atoms with van der Waals surface area (Å²) in [5.41, 5.74) is 0. The molecule has 10 heteroatoms. The van der Waals surface area contributed by atoms with Gasteiger partial charge in [0.1, 0.15) is 10.9 Å². The van der Waals surface area contributed by atoms with Crippen LogP contribution in [0.2, 0.25) is 0 Å². The number of nitrogens with one attached hydrogen (secondary N) is 1. The van der Waals surface area contributed by atoms with E-state index in [0.29, 0.717) is 0 Å². The molecule has 9 nitrogen and oxygen atoms in total. The van der Waals surface area contributed by atoms with Gasteiger partial charge in [0.2, 0.25) is 10.0 Å². The van der Waals surface area contributed by atoms with Crippen molar-refractivity contribution in [3.8, 4) is 0 Å². The predicted octanol–water partition coefficient (Wildman–Crippen LogP) is 0.377. The summed E-state index contributed by atoms with van der Waals surface area (Å²) in [7, 11) is -4.11. The minimum absolute atomic E-state index is 0.338. The van der Waals surface area contributed by atoms with Crippen molar-refractivity contribution in [1.82, 2.24) is 9.71 Å². The van der Waals surface area contributed by atoms with Crippen LogP contribution in [-0.2, 0) is 14.8 Å². The van der Waals surface area contributed by atoms with E-state index in [1.165, 1.54) is 0 Å². The monoisotopic (exact) mass is 303 g/mol. The molecule has 0 unspecified atom stereocenters. The summed E-state index contributed by atoms with van der Waals surface area (Å²) in [5, 5.41) is 19.4. The third-order valence-corrected chi connectivity index (χ3v) is 3.86. The van der Waals surface area contributed by atoms with Crippen LogP contribution in [0.25, 0.3) is 0 Å². The highest BCUT2D eigenvalue weighted by Gasteiger charge is 2.29. The number of rotatable bonds is 6. The average Bonchev–Trinajstić information content (AvgIpc) is 2.35. The van der Waals surface area contributed by atoms with Crippen LogP contribution in [-0.4, -0.2) is 35.4 Å².